The maximum absolute atomic E-state index is 13.7. The molecule has 0 N–H and O–H groups in total. The van der Waals surface area contributed by atoms with E-state index in [1.54, 1.807) is 19.1 Å². The average Bonchev–Trinajstić information content (AvgIpc) is 2.65. The highest BCUT2D eigenvalue weighted by atomic mass is 35.5. The summed E-state index contributed by atoms with van der Waals surface area (Å²) >= 11 is 11.8. The number of piperazine rings is 1. The zero-order valence-electron chi connectivity index (χ0n) is 14.5. The first-order valence-corrected chi connectivity index (χ1v) is 10.4. The third kappa shape index (κ3) is 4.11. The van der Waals surface area contributed by atoms with Crippen molar-refractivity contribution in [3.05, 3.63) is 63.4 Å². The average molecular weight is 431 g/mol. The Labute approximate surface area is 167 Å². The molecule has 0 atom stereocenters. The molecule has 1 amide bonds. The van der Waals surface area contributed by atoms with Crippen LogP contribution in [0.1, 0.15) is 15.9 Å². The number of carbonyl (C=O) groups is 1. The molecule has 9 heteroatoms. The lowest BCUT2D eigenvalue weighted by Crippen LogP contribution is -2.50. The second-order valence-corrected chi connectivity index (χ2v) is 8.99. The summed E-state index contributed by atoms with van der Waals surface area (Å²) in [5.74, 6) is -0.762. The van der Waals surface area contributed by atoms with Gasteiger partial charge in [0, 0.05) is 31.7 Å². The fraction of sp³-hybridized carbons (Fsp3) is 0.278. The minimum absolute atomic E-state index is 0.0530. The Hall–Kier alpha value is -1.67. The molecule has 5 nitrogen and oxygen atoms in total. The number of sulfonamides is 1. The van der Waals surface area contributed by atoms with Crippen molar-refractivity contribution in [1.82, 2.24) is 9.21 Å². The van der Waals surface area contributed by atoms with Gasteiger partial charge in [-0.25, -0.2) is 12.8 Å². The number of carbonyl (C=O) groups excluding carboxylic acids is 1. The van der Waals surface area contributed by atoms with Crippen LogP contribution in [0.5, 0.6) is 0 Å². The summed E-state index contributed by atoms with van der Waals surface area (Å²) in [6.45, 7) is 2.34. The summed E-state index contributed by atoms with van der Waals surface area (Å²) in [5, 5.41) is 0.435. The van der Waals surface area contributed by atoms with E-state index in [9.17, 15) is 17.6 Å². The van der Waals surface area contributed by atoms with Crippen LogP contribution in [0.4, 0.5) is 4.39 Å². The number of aryl methyl sites for hydroxylation is 1. The minimum atomic E-state index is -3.74. The first-order valence-electron chi connectivity index (χ1n) is 8.21. The molecule has 0 unspecified atom stereocenters. The fourth-order valence-corrected chi connectivity index (χ4v) is 4.64. The zero-order chi connectivity index (χ0) is 19.8. The molecule has 0 saturated carbocycles. The standard InChI is InChI=1S/C18H17Cl2FN2O3S/c1-12-2-3-13(10-17(12)21)18(24)22-6-8-23(9-7-22)27(25,26)14-4-5-15(19)16(20)11-14/h2-5,10-11H,6-9H2,1H3. The number of amides is 1. The Morgan fingerprint density at radius 1 is 1.00 bits per heavy atom. The van der Waals surface area contributed by atoms with Gasteiger partial charge in [-0.05, 0) is 42.8 Å². The van der Waals surface area contributed by atoms with Gasteiger partial charge in [0.05, 0.1) is 14.9 Å². The summed E-state index contributed by atoms with van der Waals surface area (Å²) in [6.07, 6.45) is 0. The van der Waals surface area contributed by atoms with Crippen molar-refractivity contribution in [2.75, 3.05) is 26.2 Å². The Bertz CT molecular complexity index is 990. The largest absolute Gasteiger partial charge is 0.336 e. The van der Waals surface area contributed by atoms with Crippen LogP contribution in [0.15, 0.2) is 41.3 Å². The van der Waals surface area contributed by atoms with Gasteiger partial charge in [-0.3, -0.25) is 4.79 Å². The lowest BCUT2D eigenvalue weighted by atomic mass is 10.1. The van der Waals surface area contributed by atoms with Crippen molar-refractivity contribution in [3.63, 3.8) is 0 Å². The van der Waals surface area contributed by atoms with E-state index in [-0.39, 0.29) is 52.6 Å². The van der Waals surface area contributed by atoms with Gasteiger partial charge in [-0.15, -0.1) is 0 Å². The highest BCUT2D eigenvalue weighted by Crippen LogP contribution is 2.27. The van der Waals surface area contributed by atoms with E-state index >= 15 is 0 Å². The predicted octanol–water partition coefficient (Wildman–Crippen LogP) is 3.59. The van der Waals surface area contributed by atoms with Crippen LogP contribution in [-0.4, -0.2) is 49.7 Å². The maximum atomic E-state index is 13.7. The molecule has 0 spiro atoms. The molecule has 1 aliphatic rings. The molecule has 3 rings (SSSR count). The first kappa shape index (κ1) is 20.1. The lowest BCUT2D eigenvalue weighted by molar-refractivity contribution is 0.0697. The van der Waals surface area contributed by atoms with Gasteiger partial charge < -0.3 is 4.90 Å². The van der Waals surface area contributed by atoms with Crippen molar-refractivity contribution in [2.24, 2.45) is 0 Å². The summed E-state index contributed by atoms with van der Waals surface area (Å²) in [5.41, 5.74) is 0.711. The van der Waals surface area contributed by atoms with E-state index in [1.165, 1.54) is 33.5 Å². The van der Waals surface area contributed by atoms with Gasteiger partial charge in [0.2, 0.25) is 10.0 Å². The Morgan fingerprint density at radius 3 is 2.26 bits per heavy atom. The fourth-order valence-electron chi connectivity index (χ4n) is 2.83. The van der Waals surface area contributed by atoms with Gasteiger partial charge in [-0.1, -0.05) is 29.3 Å². The molecule has 1 fully saturated rings. The topological polar surface area (TPSA) is 57.7 Å². The highest BCUT2D eigenvalue weighted by molar-refractivity contribution is 7.89. The van der Waals surface area contributed by atoms with Crippen molar-refractivity contribution in [2.45, 2.75) is 11.8 Å². The van der Waals surface area contributed by atoms with Crippen LogP contribution in [0.3, 0.4) is 0 Å². The molecule has 1 aliphatic heterocycles. The number of halogens is 3. The zero-order valence-corrected chi connectivity index (χ0v) is 16.8. The van der Waals surface area contributed by atoms with Crippen LogP contribution in [0.25, 0.3) is 0 Å². The number of hydrogen-bond donors (Lipinski definition) is 0. The SMILES string of the molecule is Cc1ccc(C(=O)N2CCN(S(=O)(=O)c3ccc(Cl)c(Cl)c3)CC2)cc1F. The molecule has 144 valence electrons. The molecule has 2 aromatic carbocycles. The predicted molar refractivity (Wildman–Crippen MR) is 102 cm³/mol. The number of benzene rings is 2. The summed E-state index contributed by atoms with van der Waals surface area (Å²) in [4.78, 5) is 14.1. The van der Waals surface area contributed by atoms with Crippen molar-refractivity contribution in [3.8, 4) is 0 Å². The molecular weight excluding hydrogens is 414 g/mol. The molecule has 27 heavy (non-hydrogen) atoms. The van der Waals surface area contributed by atoms with Gasteiger partial charge in [0.15, 0.2) is 0 Å². The van der Waals surface area contributed by atoms with Crippen molar-refractivity contribution in [1.29, 1.82) is 0 Å². The molecule has 1 heterocycles. The van der Waals surface area contributed by atoms with E-state index in [4.69, 9.17) is 23.2 Å². The lowest BCUT2D eigenvalue weighted by Gasteiger charge is -2.34. The summed E-state index contributed by atoms with van der Waals surface area (Å²) in [7, 11) is -3.74. The molecule has 2 aromatic rings. The molecule has 0 aromatic heterocycles. The van der Waals surface area contributed by atoms with E-state index in [0.29, 0.717) is 5.56 Å². The van der Waals surface area contributed by atoms with Crippen LogP contribution in [0, 0.1) is 12.7 Å². The third-order valence-electron chi connectivity index (χ3n) is 4.47. The Balaban J connectivity index is 1.71. The molecule has 0 radical (unpaired) electrons. The highest BCUT2D eigenvalue weighted by Gasteiger charge is 2.30. The number of nitrogens with zero attached hydrogens (tertiary/aromatic N) is 2. The molecule has 1 saturated heterocycles. The molecule has 0 aliphatic carbocycles. The minimum Gasteiger partial charge on any atom is -0.336 e. The molecular formula is C18H17Cl2FN2O3S. The van der Waals surface area contributed by atoms with Crippen LogP contribution < -0.4 is 0 Å². The second kappa shape index (κ2) is 7.75. The van der Waals surface area contributed by atoms with Crippen LogP contribution in [-0.2, 0) is 10.0 Å². The third-order valence-corrected chi connectivity index (χ3v) is 7.11. The first-order chi connectivity index (χ1) is 12.7. The quantitative estimate of drug-likeness (QED) is 0.747. The van der Waals surface area contributed by atoms with Crippen LogP contribution >= 0.6 is 23.2 Å². The van der Waals surface area contributed by atoms with E-state index in [1.807, 2.05) is 0 Å². The van der Waals surface area contributed by atoms with E-state index in [2.05, 4.69) is 0 Å². The van der Waals surface area contributed by atoms with E-state index < -0.39 is 15.8 Å². The smallest absolute Gasteiger partial charge is 0.254 e. The van der Waals surface area contributed by atoms with Gasteiger partial charge in [-0.2, -0.15) is 4.31 Å². The number of hydrogen-bond acceptors (Lipinski definition) is 3. The van der Waals surface area contributed by atoms with Crippen LogP contribution in [0.2, 0.25) is 10.0 Å². The normalized spacial score (nSPS) is 15.8. The Kier molecular flexibility index (Phi) is 5.76. The maximum Gasteiger partial charge on any atom is 0.254 e. The second-order valence-electron chi connectivity index (χ2n) is 6.24. The van der Waals surface area contributed by atoms with Gasteiger partial charge in [0.25, 0.3) is 5.91 Å². The van der Waals surface area contributed by atoms with Gasteiger partial charge in [0.1, 0.15) is 5.82 Å². The molecule has 0 bridgehead atoms. The van der Waals surface area contributed by atoms with E-state index in [0.717, 1.165) is 0 Å². The monoisotopic (exact) mass is 430 g/mol. The Morgan fingerprint density at radius 2 is 1.67 bits per heavy atom. The van der Waals surface area contributed by atoms with Gasteiger partial charge >= 0.3 is 0 Å². The summed E-state index contributed by atoms with van der Waals surface area (Å²) in [6, 6.07) is 8.47. The van der Waals surface area contributed by atoms with Crippen molar-refractivity contribution >= 4 is 39.1 Å². The van der Waals surface area contributed by atoms with Crippen molar-refractivity contribution < 1.29 is 17.6 Å². The number of rotatable bonds is 3. The summed E-state index contributed by atoms with van der Waals surface area (Å²) < 4.78 is 40.5.